The molecule has 1 saturated carbocycles. The fraction of sp³-hybridized carbons (Fsp3) is 0.538. The quantitative estimate of drug-likeness (QED) is 0.901. The Kier molecular flexibility index (Phi) is 3.52. The SMILES string of the molecule is COc1c(F)cc(C(F)F)cc1C1(CN)CCC1. The zero-order chi connectivity index (χ0) is 13.3. The lowest BCUT2D eigenvalue weighted by Crippen LogP contribution is -2.42. The van der Waals surface area contributed by atoms with Crippen LogP contribution in [-0.4, -0.2) is 13.7 Å². The first kappa shape index (κ1) is 13.2. The van der Waals surface area contributed by atoms with E-state index in [0.717, 1.165) is 25.3 Å². The van der Waals surface area contributed by atoms with Crippen LogP contribution in [0.5, 0.6) is 5.75 Å². The van der Waals surface area contributed by atoms with Crippen molar-refractivity contribution < 1.29 is 17.9 Å². The first-order chi connectivity index (χ1) is 8.54. The molecule has 1 fully saturated rings. The molecule has 0 amide bonds. The van der Waals surface area contributed by atoms with Crippen molar-refractivity contribution in [2.75, 3.05) is 13.7 Å². The Bertz CT molecular complexity index is 439. The van der Waals surface area contributed by atoms with Gasteiger partial charge in [-0.25, -0.2) is 13.2 Å². The molecule has 5 heteroatoms. The van der Waals surface area contributed by atoms with E-state index in [0.29, 0.717) is 12.1 Å². The number of halogens is 3. The van der Waals surface area contributed by atoms with Crippen molar-refractivity contribution in [2.24, 2.45) is 5.73 Å². The second kappa shape index (κ2) is 4.80. The highest BCUT2D eigenvalue weighted by Gasteiger charge is 2.40. The molecule has 100 valence electrons. The summed E-state index contributed by atoms with van der Waals surface area (Å²) in [7, 11) is 1.34. The van der Waals surface area contributed by atoms with E-state index in [1.807, 2.05) is 0 Å². The van der Waals surface area contributed by atoms with Crippen molar-refractivity contribution in [3.8, 4) is 5.75 Å². The van der Waals surface area contributed by atoms with Crippen LogP contribution in [0.3, 0.4) is 0 Å². The fourth-order valence-electron chi connectivity index (χ4n) is 2.53. The summed E-state index contributed by atoms with van der Waals surface area (Å²) in [6.07, 6.45) is -0.155. The largest absolute Gasteiger partial charge is 0.493 e. The van der Waals surface area contributed by atoms with E-state index in [4.69, 9.17) is 10.5 Å². The highest BCUT2D eigenvalue weighted by atomic mass is 19.3. The summed E-state index contributed by atoms with van der Waals surface area (Å²) in [5.74, 6) is -0.699. The van der Waals surface area contributed by atoms with E-state index < -0.39 is 17.7 Å². The Morgan fingerprint density at radius 1 is 1.39 bits per heavy atom. The fourth-order valence-corrected chi connectivity index (χ4v) is 2.53. The summed E-state index contributed by atoms with van der Waals surface area (Å²) in [6, 6.07) is 2.16. The number of alkyl halides is 2. The van der Waals surface area contributed by atoms with E-state index in [-0.39, 0.29) is 11.3 Å². The minimum atomic E-state index is -2.70. The van der Waals surface area contributed by atoms with Crippen LogP contribution in [0, 0.1) is 5.82 Å². The normalized spacial score (nSPS) is 17.7. The first-order valence-corrected chi connectivity index (χ1v) is 5.90. The molecule has 1 aliphatic carbocycles. The topological polar surface area (TPSA) is 35.2 Å². The van der Waals surface area contributed by atoms with Gasteiger partial charge in [0.1, 0.15) is 0 Å². The number of nitrogens with two attached hydrogens (primary N) is 1. The van der Waals surface area contributed by atoms with Gasteiger partial charge in [0.05, 0.1) is 7.11 Å². The maximum Gasteiger partial charge on any atom is 0.263 e. The molecule has 0 heterocycles. The van der Waals surface area contributed by atoms with Gasteiger partial charge < -0.3 is 10.5 Å². The Labute approximate surface area is 104 Å². The Hall–Kier alpha value is -1.23. The molecule has 1 aromatic rings. The van der Waals surface area contributed by atoms with Crippen LogP contribution >= 0.6 is 0 Å². The lowest BCUT2D eigenvalue weighted by molar-refractivity contribution is 0.149. The third kappa shape index (κ3) is 1.96. The lowest BCUT2D eigenvalue weighted by Gasteiger charge is -2.42. The van der Waals surface area contributed by atoms with E-state index in [9.17, 15) is 13.2 Å². The van der Waals surface area contributed by atoms with Crippen LogP contribution in [0.25, 0.3) is 0 Å². The van der Waals surface area contributed by atoms with Crippen LogP contribution in [0.4, 0.5) is 13.2 Å². The minimum absolute atomic E-state index is 0.0459. The number of hydrogen-bond donors (Lipinski definition) is 1. The molecule has 2 N–H and O–H groups in total. The van der Waals surface area contributed by atoms with E-state index in [1.54, 1.807) is 0 Å². The second-order valence-electron chi connectivity index (χ2n) is 4.72. The number of benzene rings is 1. The Morgan fingerprint density at radius 3 is 2.44 bits per heavy atom. The smallest absolute Gasteiger partial charge is 0.263 e. The Morgan fingerprint density at radius 2 is 2.06 bits per heavy atom. The average Bonchev–Trinajstić information content (AvgIpc) is 2.27. The molecule has 2 rings (SSSR count). The number of hydrogen-bond acceptors (Lipinski definition) is 2. The Balaban J connectivity index is 2.55. The molecular formula is C13H16F3NO. The molecule has 2 nitrogen and oxygen atoms in total. The molecule has 0 unspecified atom stereocenters. The predicted molar refractivity (Wildman–Crippen MR) is 62.5 cm³/mol. The third-order valence-electron chi connectivity index (χ3n) is 3.79. The molecular weight excluding hydrogens is 243 g/mol. The van der Waals surface area contributed by atoms with Crippen molar-refractivity contribution in [3.63, 3.8) is 0 Å². The molecule has 18 heavy (non-hydrogen) atoms. The van der Waals surface area contributed by atoms with Crippen LogP contribution in [0.15, 0.2) is 12.1 Å². The van der Waals surface area contributed by atoms with Gasteiger partial charge >= 0.3 is 0 Å². The maximum atomic E-state index is 13.8. The minimum Gasteiger partial charge on any atom is -0.493 e. The van der Waals surface area contributed by atoms with Crippen molar-refractivity contribution in [3.05, 3.63) is 29.1 Å². The van der Waals surface area contributed by atoms with Crippen molar-refractivity contribution >= 4 is 0 Å². The highest BCUT2D eigenvalue weighted by molar-refractivity contribution is 5.45. The summed E-state index contributed by atoms with van der Waals surface area (Å²) in [5.41, 5.74) is 5.49. The molecule has 0 radical (unpaired) electrons. The van der Waals surface area contributed by atoms with Gasteiger partial charge in [0, 0.05) is 23.1 Å². The third-order valence-corrected chi connectivity index (χ3v) is 3.79. The van der Waals surface area contributed by atoms with Gasteiger partial charge in [-0.2, -0.15) is 0 Å². The van der Waals surface area contributed by atoms with E-state index in [1.165, 1.54) is 13.2 Å². The summed E-state index contributed by atoms with van der Waals surface area (Å²) in [4.78, 5) is 0. The lowest BCUT2D eigenvalue weighted by atomic mass is 9.64. The standard InChI is InChI=1S/C13H16F3NO/c1-18-11-9(13(7-17)3-2-4-13)5-8(12(15)16)6-10(11)14/h5-6,12H,2-4,7,17H2,1H3. The van der Waals surface area contributed by atoms with Crippen LogP contribution in [0.1, 0.15) is 36.8 Å². The molecule has 0 aliphatic heterocycles. The molecule has 1 aromatic carbocycles. The van der Waals surface area contributed by atoms with Gasteiger partial charge in [-0.1, -0.05) is 6.42 Å². The van der Waals surface area contributed by atoms with Crippen molar-refractivity contribution in [1.29, 1.82) is 0 Å². The first-order valence-electron chi connectivity index (χ1n) is 5.90. The molecule has 0 aromatic heterocycles. The van der Waals surface area contributed by atoms with Crippen LogP contribution in [0.2, 0.25) is 0 Å². The van der Waals surface area contributed by atoms with Gasteiger partial charge in [0.25, 0.3) is 6.43 Å². The molecule has 0 bridgehead atoms. The number of methoxy groups -OCH3 is 1. The van der Waals surface area contributed by atoms with Crippen LogP contribution in [-0.2, 0) is 5.41 Å². The van der Waals surface area contributed by atoms with Crippen molar-refractivity contribution in [2.45, 2.75) is 31.1 Å². The zero-order valence-electron chi connectivity index (χ0n) is 10.2. The monoisotopic (exact) mass is 259 g/mol. The molecule has 0 spiro atoms. The van der Waals surface area contributed by atoms with Crippen LogP contribution < -0.4 is 10.5 Å². The molecule has 0 saturated heterocycles. The van der Waals surface area contributed by atoms with Gasteiger partial charge in [0.2, 0.25) is 0 Å². The van der Waals surface area contributed by atoms with E-state index in [2.05, 4.69) is 0 Å². The summed E-state index contributed by atoms with van der Waals surface area (Å²) < 4.78 is 44.3. The van der Waals surface area contributed by atoms with Crippen molar-refractivity contribution in [1.82, 2.24) is 0 Å². The van der Waals surface area contributed by atoms with Gasteiger partial charge in [-0.3, -0.25) is 0 Å². The number of ether oxygens (including phenoxy) is 1. The molecule has 0 atom stereocenters. The summed E-state index contributed by atoms with van der Waals surface area (Å²) in [5, 5.41) is 0. The second-order valence-corrected chi connectivity index (χ2v) is 4.72. The van der Waals surface area contributed by atoms with Gasteiger partial charge in [0.15, 0.2) is 11.6 Å². The van der Waals surface area contributed by atoms with Gasteiger partial charge in [-0.15, -0.1) is 0 Å². The molecule has 1 aliphatic rings. The maximum absolute atomic E-state index is 13.8. The summed E-state index contributed by atoms with van der Waals surface area (Å²) >= 11 is 0. The van der Waals surface area contributed by atoms with E-state index >= 15 is 0 Å². The average molecular weight is 259 g/mol. The predicted octanol–water partition coefficient (Wildman–Crippen LogP) is 3.15. The summed E-state index contributed by atoms with van der Waals surface area (Å²) in [6.45, 7) is 0.315. The van der Waals surface area contributed by atoms with Gasteiger partial charge in [-0.05, 0) is 25.0 Å². The highest BCUT2D eigenvalue weighted by Crippen LogP contribution is 2.48. The zero-order valence-corrected chi connectivity index (χ0v) is 10.2. The number of rotatable bonds is 4.